The highest BCUT2D eigenvalue weighted by Crippen LogP contribution is 2.20. The molecule has 0 bridgehead atoms. The van der Waals surface area contributed by atoms with E-state index in [1.165, 1.54) is 0 Å². The van der Waals surface area contributed by atoms with E-state index >= 15 is 0 Å². The van der Waals surface area contributed by atoms with Gasteiger partial charge in [-0.3, -0.25) is 0 Å². The van der Waals surface area contributed by atoms with Crippen molar-refractivity contribution in [1.29, 1.82) is 5.26 Å². The van der Waals surface area contributed by atoms with Crippen LogP contribution in [0.5, 0.6) is 0 Å². The van der Waals surface area contributed by atoms with Gasteiger partial charge in [0.1, 0.15) is 11.6 Å². The number of tetrazole rings is 1. The number of anilines is 1. The largest absolute Gasteiger partial charge is 0.358 e. The molecule has 1 aromatic carbocycles. The molecule has 0 radical (unpaired) electrons. The number of H-pyrrole nitrogens is 1. The van der Waals surface area contributed by atoms with Crippen LogP contribution in [0.3, 0.4) is 0 Å². The second-order valence-electron chi connectivity index (χ2n) is 3.27. The lowest BCUT2D eigenvalue weighted by atomic mass is 10.2. The lowest BCUT2D eigenvalue weighted by molar-refractivity contribution is 0.449. The number of nitrogens with one attached hydrogen (secondary N) is 2. The van der Waals surface area contributed by atoms with Crippen LogP contribution in [0.2, 0.25) is 0 Å². The van der Waals surface area contributed by atoms with Crippen molar-refractivity contribution in [2.45, 2.75) is 0 Å². The zero-order chi connectivity index (χ0) is 13.8. The Morgan fingerprint density at radius 1 is 1.32 bits per heavy atom. The van der Waals surface area contributed by atoms with Crippen molar-refractivity contribution in [1.82, 2.24) is 20.6 Å². The van der Waals surface area contributed by atoms with Crippen molar-refractivity contribution in [3.05, 3.63) is 41.6 Å². The summed E-state index contributed by atoms with van der Waals surface area (Å²) < 4.78 is 39.0. The predicted octanol–water partition coefficient (Wildman–Crippen LogP) is 1.59. The van der Waals surface area contributed by atoms with Gasteiger partial charge in [-0.25, -0.2) is 13.2 Å². The Bertz CT molecular complexity index is 659. The highest BCUT2D eigenvalue weighted by molar-refractivity contribution is 5.74. The van der Waals surface area contributed by atoms with Crippen LogP contribution in [0.15, 0.2) is 18.3 Å². The number of allylic oxidation sites excluding steroid dienone is 1. The van der Waals surface area contributed by atoms with Crippen molar-refractivity contribution in [2.75, 3.05) is 5.32 Å². The predicted molar refractivity (Wildman–Crippen MR) is 57.7 cm³/mol. The van der Waals surface area contributed by atoms with Crippen LogP contribution in [-0.2, 0) is 0 Å². The summed E-state index contributed by atoms with van der Waals surface area (Å²) in [6.45, 7) is 0. The van der Waals surface area contributed by atoms with Crippen LogP contribution in [0.4, 0.5) is 18.9 Å². The Kier molecular flexibility index (Phi) is 3.42. The summed E-state index contributed by atoms with van der Waals surface area (Å²) in [7, 11) is 0. The fourth-order valence-corrected chi connectivity index (χ4v) is 1.21. The maximum atomic E-state index is 13.3. The number of halogens is 3. The second kappa shape index (κ2) is 5.18. The highest BCUT2D eigenvalue weighted by atomic mass is 19.2. The maximum Gasteiger partial charge on any atom is 0.216 e. The molecule has 9 heteroatoms. The third-order valence-electron chi connectivity index (χ3n) is 2.11. The van der Waals surface area contributed by atoms with E-state index in [0.29, 0.717) is 0 Å². The Morgan fingerprint density at radius 2 is 2.11 bits per heavy atom. The average molecular weight is 266 g/mol. The zero-order valence-corrected chi connectivity index (χ0v) is 9.15. The molecule has 0 aliphatic heterocycles. The summed E-state index contributed by atoms with van der Waals surface area (Å²) in [5.41, 5.74) is -0.381. The van der Waals surface area contributed by atoms with Crippen molar-refractivity contribution >= 4 is 11.3 Å². The van der Waals surface area contributed by atoms with Gasteiger partial charge in [-0.15, -0.1) is 10.2 Å². The monoisotopic (exact) mass is 266 g/mol. The Morgan fingerprint density at radius 3 is 2.74 bits per heavy atom. The number of aromatic amines is 1. The summed E-state index contributed by atoms with van der Waals surface area (Å²) in [6.07, 6.45) is 1.06. The van der Waals surface area contributed by atoms with E-state index in [4.69, 9.17) is 5.26 Å². The smallest absolute Gasteiger partial charge is 0.216 e. The molecule has 19 heavy (non-hydrogen) atoms. The Hall–Kier alpha value is -2.89. The molecular formula is C10H5F3N6. The minimum absolute atomic E-state index is 0.0157. The van der Waals surface area contributed by atoms with Crippen molar-refractivity contribution in [2.24, 2.45) is 0 Å². The van der Waals surface area contributed by atoms with E-state index in [-0.39, 0.29) is 17.1 Å². The topological polar surface area (TPSA) is 90.3 Å². The van der Waals surface area contributed by atoms with E-state index in [9.17, 15) is 13.2 Å². The Labute approximate surface area is 104 Å². The molecule has 96 valence electrons. The fourth-order valence-electron chi connectivity index (χ4n) is 1.21. The number of benzene rings is 1. The molecule has 0 saturated carbocycles. The van der Waals surface area contributed by atoms with Gasteiger partial charge in [0.15, 0.2) is 17.5 Å². The first-order valence-electron chi connectivity index (χ1n) is 4.87. The Balaban J connectivity index is 2.28. The normalized spacial score (nSPS) is 11.2. The number of hydrogen-bond donors (Lipinski definition) is 2. The third kappa shape index (κ3) is 2.52. The van der Waals surface area contributed by atoms with Crippen LogP contribution in [0, 0.1) is 28.8 Å². The zero-order valence-electron chi connectivity index (χ0n) is 9.15. The first kappa shape index (κ1) is 12.6. The van der Waals surface area contributed by atoms with Gasteiger partial charge in [-0.1, -0.05) is 0 Å². The molecule has 2 aromatic rings. The summed E-state index contributed by atoms with van der Waals surface area (Å²) in [5, 5.41) is 23.7. The van der Waals surface area contributed by atoms with E-state index in [0.717, 1.165) is 18.3 Å². The molecule has 0 unspecified atom stereocenters. The van der Waals surface area contributed by atoms with Crippen LogP contribution in [0.1, 0.15) is 5.82 Å². The van der Waals surface area contributed by atoms with Crippen LogP contribution in [0.25, 0.3) is 5.57 Å². The summed E-state index contributed by atoms with van der Waals surface area (Å²) >= 11 is 0. The quantitative estimate of drug-likeness (QED) is 0.650. The minimum atomic E-state index is -1.60. The van der Waals surface area contributed by atoms with Gasteiger partial charge in [0.2, 0.25) is 5.82 Å². The standard InChI is InChI=1S/C10H5F3N6/c11-6-1-2-7(9(13)8(6)12)15-4-5(3-14)10-16-18-19-17-10/h1-2,4,15H,(H,16,17,18,19). The molecule has 0 fully saturated rings. The van der Waals surface area contributed by atoms with E-state index < -0.39 is 17.5 Å². The molecule has 2 rings (SSSR count). The molecule has 0 amide bonds. The SMILES string of the molecule is N#CC(=CNc1ccc(F)c(F)c1F)c1nn[nH]n1. The second-order valence-corrected chi connectivity index (χ2v) is 3.27. The van der Waals surface area contributed by atoms with Gasteiger partial charge in [-0.2, -0.15) is 10.5 Å². The third-order valence-corrected chi connectivity index (χ3v) is 2.11. The molecular weight excluding hydrogens is 261 g/mol. The van der Waals surface area contributed by atoms with Crippen molar-refractivity contribution in [3.63, 3.8) is 0 Å². The van der Waals surface area contributed by atoms with Crippen LogP contribution < -0.4 is 5.32 Å². The van der Waals surface area contributed by atoms with E-state index in [1.54, 1.807) is 6.07 Å². The number of hydrogen-bond acceptors (Lipinski definition) is 5. The fraction of sp³-hybridized carbons (Fsp3) is 0. The van der Waals surface area contributed by atoms with Crippen molar-refractivity contribution in [3.8, 4) is 6.07 Å². The van der Waals surface area contributed by atoms with Crippen LogP contribution in [-0.4, -0.2) is 20.6 Å². The maximum absolute atomic E-state index is 13.3. The molecule has 2 N–H and O–H groups in total. The van der Waals surface area contributed by atoms with Gasteiger partial charge >= 0.3 is 0 Å². The summed E-state index contributed by atoms with van der Waals surface area (Å²) in [4.78, 5) is 0. The van der Waals surface area contributed by atoms with Gasteiger partial charge in [0, 0.05) is 6.20 Å². The molecule has 0 spiro atoms. The summed E-state index contributed by atoms with van der Waals surface area (Å²) in [5.74, 6) is -4.30. The van der Waals surface area contributed by atoms with E-state index in [1.807, 2.05) is 0 Å². The number of aromatic nitrogens is 4. The lowest BCUT2D eigenvalue weighted by Crippen LogP contribution is -1.99. The minimum Gasteiger partial charge on any atom is -0.358 e. The molecule has 0 aliphatic carbocycles. The number of nitrogens with zero attached hydrogens (tertiary/aromatic N) is 4. The van der Waals surface area contributed by atoms with Gasteiger partial charge < -0.3 is 5.32 Å². The average Bonchev–Trinajstić information content (AvgIpc) is 2.93. The molecule has 0 atom stereocenters. The highest BCUT2D eigenvalue weighted by Gasteiger charge is 2.13. The van der Waals surface area contributed by atoms with Crippen LogP contribution >= 0.6 is 0 Å². The molecule has 0 aliphatic rings. The lowest BCUT2D eigenvalue weighted by Gasteiger charge is -2.04. The molecule has 1 aromatic heterocycles. The van der Waals surface area contributed by atoms with Gasteiger partial charge in [0.05, 0.1) is 5.69 Å². The first-order chi connectivity index (χ1) is 9.13. The number of rotatable bonds is 3. The number of nitriles is 1. The first-order valence-corrected chi connectivity index (χ1v) is 4.87. The summed E-state index contributed by atoms with van der Waals surface area (Å²) in [6, 6.07) is 3.50. The molecule has 1 heterocycles. The van der Waals surface area contributed by atoms with E-state index in [2.05, 4.69) is 25.9 Å². The molecule has 6 nitrogen and oxygen atoms in total. The molecule has 0 saturated heterocycles. The van der Waals surface area contributed by atoms with Gasteiger partial charge in [-0.05, 0) is 17.3 Å². The van der Waals surface area contributed by atoms with Gasteiger partial charge in [0.25, 0.3) is 0 Å². The van der Waals surface area contributed by atoms with Crippen molar-refractivity contribution < 1.29 is 13.2 Å².